The quantitative estimate of drug-likeness (QED) is 0.829. The monoisotopic (exact) mass is 278 g/mol. The first kappa shape index (κ1) is 16.9. The summed E-state index contributed by atoms with van der Waals surface area (Å²) in [6.45, 7) is 9.60. The van der Waals surface area contributed by atoms with Gasteiger partial charge in [0.05, 0.1) is 11.9 Å². The first-order chi connectivity index (χ1) is 9.29. The first-order valence-electron chi connectivity index (χ1n) is 7.33. The normalized spacial score (nSPS) is 11.9. The molecule has 0 aliphatic carbocycles. The number of hydrogen-bond acceptors (Lipinski definition) is 4. The highest BCUT2D eigenvalue weighted by Gasteiger charge is 2.12. The third-order valence-corrected chi connectivity index (χ3v) is 3.21. The minimum atomic E-state index is 0.129. The molecule has 1 N–H and O–H groups in total. The van der Waals surface area contributed by atoms with Crippen molar-refractivity contribution in [2.75, 3.05) is 39.1 Å². The molecule has 1 aromatic heterocycles. The van der Waals surface area contributed by atoms with Gasteiger partial charge in [0.15, 0.2) is 0 Å². The summed E-state index contributed by atoms with van der Waals surface area (Å²) in [7, 11) is 6.37. The Labute approximate surface area is 124 Å². The van der Waals surface area contributed by atoms with E-state index in [0.29, 0.717) is 0 Å². The van der Waals surface area contributed by atoms with Gasteiger partial charge in [-0.25, -0.2) is 0 Å². The van der Waals surface area contributed by atoms with Gasteiger partial charge in [-0.1, -0.05) is 0 Å². The lowest BCUT2D eigenvalue weighted by molar-refractivity contribution is 0.401. The van der Waals surface area contributed by atoms with Crippen LogP contribution in [0.25, 0.3) is 0 Å². The van der Waals surface area contributed by atoms with E-state index in [1.54, 1.807) is 0 Å². The Morgan fingerprint density at radius 3 is 2.45 bits per heavy atom. The van der Waals surface area contributed by atoms with Gasteiger partial charge in [0.2, 0.25) is 0 Å². The summed E-state index contributed by atoms with van der Waals surface area (Å²) in [5.74, 6) is 0. The Bertz CT molecular complexity index is 396. The second-order valence-electron chi connectivity index (χ2n) is 6.69. The third kappa shape index (κ3) is 6.35. The standard InChI is InChI=1S/C16H30N4/c1-16(2,3)18-12-14-8-9-17-13-15(14)20(6)11-7-10-19(4)5/h8-9,13,18H,7,10-12H2,1-6H3. The zero-order chi connectivity index (χ0) is 15.2. The molecular formula is C16H30N4. The van der Waals surface area contributed by atoms with Crippen LogP contribution in [0.2, 0.25) is 0 Å². The summed E-state index contributed by atoms with van der Waals surface area (Å²) in [4.78, 5) is 8.80. The molecule has 0 aromatic carbocycles. The predicted octanol–water partition coefficient (Wildman–Crippen LogP) is 2.36. The van der Waals surface area contributed by atoms with Gasteiger partial charge in [0.25, 0.3) is 0 Å². The van der Waals surface area contributed by atoms with E-state index in [1.807, 2.05) is 12.4 Å². The fourth-order valence-corrected chi connectivity index (χ4v) is 2.01. The van der Waals surface area contributed by atoms with Gasteiger partial charge < -0.3 is 15.1 Å². The maximum absolute atomic E-state index is 4.27. The Hall–Kier alpha value is -1.13. The van der Waals surface area contributed by atoms with Crippen LogP contribution >= 0.6 is 0 Å². The number of nitrogens with one attached hydrogen (secondary N) is 1. The van der Waals surface area contributed by atoms with Crippen molar-refractivity contribution in [2.24, 2.45) is 0 Å². The molecule has 0 atom stereocenters. The maximum atomic E-state index is 4.27. The summed E-state index contributed by atoms with van der Waals surface area (Å²) in [5.41, 5.74) is 2.66. The van der Waals surface area contributed by atoms with Gasteiger partial charge in [0, 0.05) is 31.9 Å². The fourth-order valence-electron chi connectivity index (χ4n) is 2.01. The van der Waals surface area contributed by atoms with Crippen LogP contribution in [0.4, 0.5) is 5.69 Å². The molecule has 20 heavy (non-hydrogen) atoms. The summed E-state index contributed by atoms with van der Waals surface area (Å²) in [6, 6.07) is 2.11. The van der Waals surface area contributed by atoms with Gasteiger partial charge in [-0.15, -0.1) is 0 Å². The van der Waals surface area contributed by atoms with Crippen molar-refractivity contribution < 1.29 is 0 Å². The van der Waals surface area contributed by atoms with Crippen LogP contribution in [0.3, 0.4) is 0 Å². The number of anilines is 1. The number of rotatable bonds is 7. The zero-order valence-corrected chi connectivity index (χ0v) is 13.9. The van der Waals surface area contributed by atoms with Crippen LogP contribution in [0, 0.1) is 0 Å². The maximum Gasteiger partial charge on any atom is 0.0595 e. The van der Waals surface area contributed by atoms with Crippen LogP contribution in [-0.2, 0) is 6.54 Å². The van der Waals surface area contributed by atoms with E-state index >= 15 is 0 Å². The van der Waals surface area contributed by atoms with Gasteiger partial charge in [-0.3, -0.25) is 4.98 Å². The number of nitrogens with zero attached hydrogens (tertiary/aromatic N) is 3. The van der Waals surface area contributed by atoms with Crippen molar-refractivity contribution in [1.29, 1.82) is 0 Å². The van der Waals surface area contributed by atoms with Gasteiger partial charge in [0.1, 0.15) is 0 Å². The van der Waals surface area contributed by atoms with Crippen LogP contribution in [0.5, 0.6) is 0 Å². The lowest BCUT2D eigenvalue weighted by Crippen LogP contribution is -2.35. The van der Waals surface area contributed by atoms with E-state index in [4.69, 9.17) is 0 Å². The minimum absolute atomic E-state index is 0.129. The molecule has 0 fully saturated rings. The highest BCUT2D eigenvalue weighted by atomic mass is 15.1. The van der Waals surface area contributed by atoms with E-state index in [9.17, 15) is 0 Å². The average molecular weight is 278 g/mol. The molecule has 0 aliphatic heterocycles. The van der Waals surface area contributed by atoms with Crippen molar-refractivity contribution in [1.82, 2.24) is 15.2 Å². The lowest BCUT2D eigenvalue weighted by atomic mass is 10.1. The van der Waals surface area contributed by atoms with Crippen LogP contribution < -0.4 is 10.2 Å². The first-order valence-corrected chi connectivity index (χ1v) is 7.33. The molecular weight excluding hydrogens is 248 g/mol. The highest BCUT2D eigenvalue weighted by Crippen LogP contribution is 2.18. The Balaban J connectivity index is 2.64. The molecule has 0 bridgehead atoms. The molecule has 1 aromatic rings. The van der Waals surface area contributed by atoms with Crippen molar-refractivity contribution in [3.8, 4) is 0 Å². The SMILES string of the molecule is CN(C)CCCN(C)c1cnccc1CNC(C)(C)C. The second kappa shape index (κ2) is 7.60. The number of pyridine rings is 1. The molecule has 1 heterocycles. The predicted molar refractivity (Wildman–Crippen MR) is 87.3 cm³/mol. The van der Waals surface area contributed by atoms with Crippen LogP contribution in [0.1, 0.15) is 32.8 Å². The van der Waals surface area contributed by atoms with Gasteiger partial charge in [-0.2, -0.15) is 0 Å². The summed E-state index contributed by atoms with van der Waals surface area (Å²) < 4.78 is 0. The molecule has 1 rings (SSSR count). The fraction of sp³-hybridized carbons (Fsp3) is 0.688. The summed E-state index contributed by atoms with van der Waals surface area (Å²) in [6.07, 6.45) is 5.00. The topological polar surface area (TPSA) is 31.4 Å². The molecule has 4 nitrogen and oxygen atoms in total. The van der Waals surface area contributed by atoms with Crippen molar-refractivity contribution >= 4 is 5.69 Å². The molecule has 0 radical (unpaired) electrons. The lowest BCUT2D eigenvalue weighted by Gasteiger charge is -2.25. The van der Waals surface area contributed by atoms with Crippen LogP contribution in [-0.4, -0.2) is 49.7 Å². The third-order valence-electron chi connectivity index (χ3n) is 3.21. The van der Waals surface area contributed by atoms with E-state index in [0.717, 1.165) is 26.1 Å². The summed E-state index contributed by atoms with van der Waals surface area (Å²) >= 11 is 0. The largest absolute Gasteiger partial charge is 0.373 e. The van der Waals surface area contributed by atoms with E-state index < -0.39 is 0 Å². The van der Waals surface area contributed by atoms with E-state index in [-0.39, 0.29) is 5.54 Å². The molecule has 0 spiro atoms. The minimum Gasteiger partial charge on any atom is -0.373 e. The van der Waals surface area contributed by atoms with Gasteiger partial charge >= 0.3 is 0 Å². The molecule has 0 aliphatic rings. The van der Waals surface area contributed by atoms with E-state index in [1.165, 1.54) is 11.3 Å². The molecule has 4 heteroatoms. The highest BCUT2D eigenvalue weighted by molar-refractivity contribution is 5.50. The molecule has 114 valence electrons. The van der Waals surface area contributed by atoms with Crippen molar-refractivity contribution in [3.63, 3.8) is 0 Å². The molecule has 0 saturated heterocycles. The number of aromatic nitrogens is 1. The molecule has 0 unspecified atom stereocenters. The summed E-state index contributed by atoms with van der Waals surface area (Å²) in [5, 5.41) is 3.55. The van der Waals surface area contributed by atoms with Crippen LogP contribution in [0.15, 0.2) is 18.5 Å². The number of hydrogen-bond donors (Lipinski definition) is 1. The van der Waals surface area contributed by atoms with Gasteiger partial charge in [-0.05, 0) is 59.5 Å². The smallest absolute Gasteiger partial charge is 0.0595 e. The molecule has 0 saturated carbocycles. The molecule has 0 amide bonds. The van der Waals surface area contributed by atoms with E-state index in [2.05, 4.69) is 68.1 Å². The second-order valence-corrected chi connectivity index (χ2v) is 6.69. The Kier molecular flexibility index (Phi) is 6.43. The Morgan fingerprint density at radius 1 is 1.15 bits per heavy atom. The zero-order valence-electron chi connectivity index (χ0n) is 13.9. The average Bonchev–Trinajstić information content (AvgIpc) is 2.35. The van der Waals surface area contributed by atoms with Crippen molar-refractivity contribution in [2.45, 2.75) is 39.3 Å². The van der Waals surface area contributed by atoms with Crippen molar-refractivity contribution in [3.05, 3.63) is 24.0 Å². The Morgan fingerprint density at radius 2 is 1.85 bits per heavy atom.